The van der Waals surface area contributed by atoms with Crippen molar-refractivity contribution < 1.29 is 0 Å². The maximum Gasteiger partial charge on any atom is 0.0403 e. The van der Waals surface area contributed by atoms with Gasteiger partial charge in [0.05, 0.1) is 0 Å². The quantitative estimate of drug-likeness (QED) is 0.772. The third kappa shape index (κ3) is 4.88. The summed E-state index contributed by atoms with van der Waals surface area (Å²) in [5.41, 5.74) is 5.29. The van der Waals surface area contributed by atoms with Gasteiger partial charge in [-0.2, -0.15) is 0 Å². The number of nitrogens with zero attached hydrogens (tertiary/aromatic N) is 1. The third-order valence-corrected chi connectivity index (χ3v) is 4.31. The molecule has 0 amide bonds. The maximum atomic E-state index is 3.51. The standard InChI is InChI=1S/C20H28N2/c1-4-22(5-2)15-14-18-10-12-20(13-11-18)21-16-19-9-7-6-8-17(19)3/h6-13,21H,4-5,14-16H2,1-3H3. The number of hydrogen-bond acceptors (Lipinski definition) is 2. The summed E-state index contributed by atoms with van der Waals surface area (Å²) < 4.78 is 0. The zero-order valence-electron chi connectivity index (χ0n) is 14.1. The fourth-order valence-corrected chi connectivity index (χ4v) is 2.62. The molecule has 2 aromatic rings. The second-order valence-electron chi connectivity index (χ2n) is 5.75. The molecule has 0 radical (unpaired) electrons. The number of aryl methyl sites for hydroxylation is 1. The smallest absolute Gasteiger partial charge is 0.0403 e. The average molecular weight is 296 g/mol. The summed E-state index contributed by atoms with van der Waals surface area (Å²) in [7, 11) is 0. The van der Waals surface area contributed by atoms with E-state index in [9.17, 15) is 0 Å². The van der Waals surface area contributed by atoms with Crippen molar-refractivity contribution >= 4 is 5.69 Å². The van der Waals surface area contributed by atoms with E-state index < -0.39 is 0 Å². The minimum Gasteiger partial charge on any atom is -0.381 e. The molecule has 0 aromatic heterocycles. The molecule has 118 valence electrons. The van der Waals surface area contributed by atoms with Gasteiger partial charge in [-0.25, -0.2) is 0 Å². The lowest BCUT2D eigenvalue weighted by molar-refractivity contribution is 0.308. The minimum atomic E-state index is 0.880. The maximum absolute atomic E-state index is 3.51. The molecule has 0 aliphatic heterocycles. The second kappa shape index (κ2) is 8.60. The molecule has 2 nitrogen and oxygen atoms in total. The third-order valence-electron chi connectivity index (χ3n) is 4.31. The Morgan fingerprint density at radius 2 is 1.59 bits per heavy atom. The summed E-state index contributed by atoms with van der Waals surface area (Å²) in [6.07, 6.45) is 1.12. The molecule has 0 saturated heterocycles. The molecule has 0 atom stereocenters. The van der Waals surface area contributed by atoms with E-state index in [4.69, 9.17) is 0 Å². The van der Waals surface area contributed by atoms with Gasteiger partial charge in [-0.15, -0.1) is 0 Å². The van der Waals surface area contributed by atoms with E-state index in [0.717, 1.165) is 32.6 Å². The van der Waals surface area contributed by atoms with Gasteiger partial charge >= 0.3 is 0 Å². The highest BCUT2D eigenvalue weighted by molar-refractivity contribution is 5.45. The van der Waals surface area contributed by atoms with Crippen LogP contribution in [0.5, 0.6) is 0 Å². The number of likely N-dealkylation sites (N-methyl/N-ethyl adjacent to an activating group) is 1. The van der Waals surface area contributed by atoms with Crippen molar-refractivity contribution in [3.05, 3.63) is 65.2 Å². The Balaban J connectivity index is 1.85. The summed E-state index contributed by atoms with van der Waals surface area (Å²) in [6.45, 7) is 10.9. The minimum absolute atomic E-state index is 0.880. The van der Waals surface area contributed by atoms with Crippen LogP contribution in [0.4, 0.5) is 5.69 Å². The Labute approximate surface area is 135 Å². The first-order valence-electron chi connectivity index (χ1n) is 8.32. The lowest BCUT2D eigenvalue weighted by Crippen LogP contribution is -2.25. The summed E-state index contributed by atoms with van der Waals surface area (Å²) >= 11 is 0. The summed E-state index contributed by atoms with van der Waals surface area (Å²) in [4.78, 5) is 2.46. The van der Waals surface area contributed by atoms with Gasteiger partial charge in [-0.3, -0.25) is 0 Å². The van der Waals surface area contributed by atoms with E-state index in [-0.39, 0.29) is 0 Å². The van der Waals surface area contributed by atoms with Crippen LogP contribution in [0, 0.1) is 6.92 Å². The van der Waals surface area contributed by atoms with Crippen LogP contribution in [0.25, 0.3) is 0 Å². The molecule has 0 saturated carbocycles. The van der Waals surface area contributed by atoms with Gasteiger partial charge in [-0.1, -0.05) is 50.2 Å². The van der Waals surface area contributed by atoms with Gasteiger partial charge in [-0.05, 0) is 55.3 Å². The van der Waals surface area contributed by atoms with Crippen LogP contribution in [-0.4, -0.2) is 24.5 Å². The van der Waals surface area contributed by atoms with Crippen LogP contribution in [-0.2, 0) is 13.0 Å². The molecular formula is C20H28N2. The molecule has 2 rings (SSSR count). The largest absolute Gasteiger partial charge is 0.381 e. The zero-order valence-corrected chi connectivity index (χ0v) is 14.1. The zero-order chi connectivity index (χ0) is 15.8. The van der Waals surface area contributed by atoms with Crippen LogP contribution in [0.3, 0.4) is 0 Å². The van der Waals surface area contributed by atoms with E-state index >= 15 is 0 Å². The summed E-state index contributed by atoms with van der Waals surface area (Å²) in [5.74, 6) is 0. The highest BCUT2D eigenvalue weighted by Gasteiger charge is 2.01. The van der Waals surface area contributed by atoms with Gasteiger partial charge in [0.2, 0.25) is 0 Å². The molecule has 1 N–H and O–H groups in total. The van der Waals surface area contributed by atoms with E-state index in [1.165, 1.54) is 22.4 Å². The molecule has 0 heterocycles. The van der Waals surface area contributed by atoms with E-state index in [2.05, 4.69) is 79.5 Å². The number of benzene rings is 2. The van der Waals surface area contributed by atoms with E-state index in [1.54, 1.807) is 0 Å². The van der Waals surface area contributed by atoms with Crippen molar-refractivity contribution in [1.82, 2.24) is 4.90 Å². The molecular weight excluding hydrogens is 268 g/mol. The first-order valence-corrected chi connectivity index (χ1v) is 8.32. The Morgan fingerprint density at radius 3 is 2.23 bits per heavy atom. The van der Waals surface area contributed by atoms with E-state index in [1.807, 2.05) is 0 Å². The van der Waals surface area contributed by atoms with Gasteiger partial charge in [0, 0.05) is 18.8 Å². The van der Waals surface area contributed by atoms with Gasteiger partial charge < -0.3 is 10.2 Å². The van der Waals surface area contributed by atoms with Crippen molar-refractivity contribution in [2.24, 2.45) is 0 Å². The SMILES string of the molecule is CCN(CC)CCc1ccc(NCc2ccccc2C)cc1. The van der Waals surface area contributed by atoms with Crippen molar-refractivity contribution in [1.29, 1.82) is 0 Å². The monoisotopic (exact) mass is 296 g/mol. The Kier molecular flexibility index (Phi) is 6.47. The predicted molar refractivity (Wildman–Crippen MR) is 96.4 cm³/mol. The molecule has 2 heteroatoms. The van der Waals surface area contributed by atoms with Crippen molar-refractivity contribution in [3.63, 3.8) is 0 Å². The number of anilines is 1. The number of rotatable bonds is 8. The van der Waals surface area contributed by atoms with Crippen molar-refractivity contribution in [2.75, 3.05) is 25.0 Å². The van der Waals surface area contributed by atoms with Crippen molar-refractivity contribution in [3.8, 4) is 0 Å². The Bertz CT molecular complexity index is 556. The molecule has 0 aliphatic rings. The van der Waals surface area contributed by atoms with E-state index in [0.29, 0.717) is 0 Å². The predicted octanol–water partition coefficient (Wildman–Crippen LogP) is 4.49. The molecule has 0 bridgehead atoms. The molecule has 2 aromatic carbocycles. The fourth-order valence-electron chi connectivity index (χ4n) is 2.62. The van der Waals surface area contributed by atoms with Crippen LogP contribution in [0.1, 0.15) is 30.5 Å². The lowest BCUT2D eigenvalue weighted by atomic mass is 10.1. The number of hydrogen-bond donors (Lipinski definition) is 1. The fraction of sp³-hybridized carbons (Fsp3) is 0.400. The second-order valence-corrected chi connectivity index (χ2v) is 5.75. The topological polar surface area (TPSA) is 15.3 Å². The first-order chi connectivity index (χ1) is 10.7. The summed E-state index contributed by atoms with van der Waals surface area (Å²) in [5, 5.41) is 3.51. The average Bonchev–Trinajstić information content (AvgIpc) is 2.56. The van der Waals surface area contributed by atoms with Gasteiger partial charge in [0.15, 0.2) is 0 Å². The molecule has 0 aliphatic carbocycles. The molecule has 0 spiro atoms. The van der Waals surface area contributed by atoms with Crippen LogP contribution in [0.2, 0.25) is 0 Å². The van der Waals surface area contributed by atoms with Crippen LogP contribution < -0.4 is 5.32 Å². The number of nitrogens with one attached hydrogen (secondary N) is 1. The summed E-state index contributed by atoms with van der Waals surface area (Å²) in [6, 6.07) is 17.4. The highest BCUT2D eigenvalue weighted by atomic mass is 15.1. The van der Waals surface area contributed by atoms with Crippen LogP contribution in [0.15, 0.2) is 48.5 Å². The van der Waals surface area contributed by atoms with Gasteiger partial charge in [0.1, 0.15) is 0 Å². The highest BCUT2D eigenvalue weighted by Crippen LogP contribution is 2.14. The normalized spacial score (nSPS) is 10.9. The molecule has 0 unspecified atom stereocenters. The Morgan fingerprint density at radius 1 is 0.909 bits per heavy atom. The van der Waals surface area contributed by atoms with Gasteiger partial charge in [0.25, 0.3) is 0 Å². The molecule has 22 heavy (non-hydrogen) atoms. The van der Waals surface area contributed by atoms with Crippen molar-refractivity contribution in [2.45, 2.75) is 33.7 Å². The molecule has 0 fully saturated rings. The Hall–Kier alpha value is -1.80. The lowest BCUT2D eigenvalue weighted by Gasteiger charge is -2.17. The first kappa shape index (κ1) is 16.6. The van der Waals surface area contributed by atoms with Crippen LogP contribution >= 0.6 is 0 Å².